The smallest absolute Gasteiger partial charge is 0.0485 e. The molecule has 1 aliphatic heterocycles. The fraction of sp³-hybridized carbons (Fsp3) is 0.467. The Morgan fingerprint density at radius 1 is 1.22 bits per heavy atom. The van der Waals surface area contributed by atoms with Crippen LogP contribution in [0.5, 0.6) is 0 Å². The number of aromatic nitrogens is 1. The maximum absolute atomic E-state index is 3.50. The van der Waals surface area contributed by atoms with Crippen molar-refractivity contribution in [2.75, 3.05) is 6.54 Å². The fourth-order valence-electron chi connectivity index (χ4n) is 3.10. The van der Waals surface area contributed by atoms with E-state index in [4.69, 9.17) is 0 Å². The molecule has 4 rings (SSSR count). The highest BCUT2D eigenvalue weighted by Gasteiger charge is 2.26. The third-order valence-corrected chi connectivity index (χ3v) is 4.17. The second-order valence-electron chi connectivity index (χ2n) is 5.42. The molecule has 2 nitrogen and oxygen atoms in total. The van der Waals surface area contributed by atoms with Crippen molar-refractivity contribution in [1.82, 2.24) is 9.88 Å². The Hall–Kier alpha value is -0.990. The first kappa shape index (κ1) is 12.1. The lowest BCUT2D eigenvalue weighted by Crippen LogP contribution is -2.24. The van der Waals surface area contributed by atoms with Gasteiger partial charge in [0.1, 0.15) is 0 Å². The Labute approximate surface area is 114 Å². The average Bonchev–Trinajstić information content (AvgIpc) is 3.15. The fourth-order valence-corrected chi connectivity index (χ4v) is 3.10. The molecule has 1 N–H and O–H groups in total. The summed E-state index contributed by atoms with van der Waals surface area (Å²) in [6.45, 7) is 3.43. The summed E-state index contributed by atoms with van der Waals surface area (Å²) >= 11 is 0. The largest absolute Gasteiger partial charge is 0.344 e. The van der Waals surface area contributed by atoms with Gasteiger partial charge in [0, 0.05) is 42.7 Å². The number of halogens is 1. The molecule has 0 atom stereocenters. The normalized spacial score (nSPS) is 18.4. The highest BCUT2D eigenvalue weighted by atomic mass is 35.5. The van der Waals surface area contributed by atoms with Crippen LogP contribution in [0.25, 0.3) is 10.9 Å². The highest BCUT2D eigenvalue weighted by Crippen LogP contribution is 2.35. The summed E-state index contributed by atoms with van der Waals surface area (Å²) in [5.74, 6) is 0.949. The van der Waals surface area contributed by atoms with Gasteiger partial charge in [-0.2, -0.15) is 0 Å². The average molecular weight is 263 g/mol. The number of fused-ring (bicyclic) bond motifs is 3. The zero-order valence-electron chi connectivity index (χ0n) is 10.5. The lowest BCUT2D eigenvalue weighted by molar-refractivity contribution is 0.571. The van der Waals surface area contributed by atoms with E-state index in [0.717, 1.165) is 19.0 Å². The van der Waals surface area contributed by atoms with E-state index in [1.165, 1.54) is 36.7 Å². The molecule has 1 aromatic heterocycles. The predicted octanol–water partition coefficient (Wildman–Crippen LogP) is 3.12. The maximum atomic E-state index is 3.50. The number of hydrogen-bond donors (Lipinski definition) is 1. The van der Waals surface area contributed by atoms with Crippen LogP contribution >= 0.6 is 12.4 Å². The first-order valence-electron chi connectivity index (χ1n) is 6.73. The van der Waals surface area contributed by atoms with Crippen molar-refractivity contribution in [3.05, 3.63) is 35.5 Å². The molecule has 2 aliphatic rings. The van der Waals surface area contributed by atoms with Crippen molar-refractivity contribution < 1.29 is 0 Å². The monoisotopic (exact) mass is 262 g/mol. The van der Waals surface area contributed by atoms with Crippen LogP contribution in [-0.2, 0) is 19.5 Å². The number of hydrogen-bond acceptors (Lipinski definition) is 1. The van der Waals surface area contributed by atoms with Gasteiger partial charge in [-0.3, -0.25) is 0 Å². The molecule has 2 aromatic rings. The lowest BCUT2D eigenvalue weighted by atomic mass is 10.1. The Morgan fingerprint density at radius 3 is 2.89 bits per heavy atom. The summed E-state index contributed by atoms with van der Waals surface area (Å²) in [5, 5.41) is 4.97. The van der Waals surface area contributed by atoms with Gasteiger partial charge in [0.05, 0.1) is 0 Å². The summed E-state index contributed by atoms with van der Waals surface area (Å²) < 4.78 is 2.60. The molecule has 1 aliphatic carbocycles. The van der Waals surface area contributed by atoms with Gasteiger partial charge in [0.2, 0.25) is 0 Å². The van der Waals surface area contributed by atoms with Crippen molar-refractivity contribution >= 4 is 23.3 Å². The van der Waals surface area contributed by atoms with Gasteiger partial charge < -0.3 is 9.88 Å². The van der Waals surface area contributed by atoms with Crippen LogP contribution in [-0.4, -0.2) is 11.1 Å². The van der Waals surface area contributed by atoms with Gasteiger partial charge in [-0.05, 0) is 30.4 Å². The Kier molecular flexibility index (Phi) is 3.08. The van der Waals surface area contributed by atoms with E-state index in [1.54, 1.807) is 11.3 Å². The molecule has 0 radical (unpaired) electrons. The molecule has 0 bridgehead atoms. The summed E-state index contributed by atoms with van der Waals surface area (Å²) in [7, 11) is 0. The molecule has 1 saturated carbocycles. The van der Waals surface area contributed by atoms with Crippen LogP contribution in [0.1, 0.15) is 24.1 Å². The molecule has 0 unspecified atom stereocenters. The SMILES string of the molecule is Cl.c1ccc2c(c1)c1c(n2CC2CC2)CCNC1. The molecule has 3 heteroatoms. The number of para-hydroxylation sites is 1. The van der Waals surface area contributed by atoms with E-state index < -0.39 is 0 Å². The standard InChI is InChI=1S/C15H18N2.ClH/c1-2-4-14-12(3-1)13-9-16-8-7-15(13)17(14)10-11-5-6-11;/h1-4,11,16H,5-10H2;1H. The van der Waals surface area contributed by atoms with Crippen molar-refractivity contribution in [2.45, 2.75) is 32.4 Å². The zero-order chi connectivity index (χ0) is 11.2. The minimum Gasteiger partial charge on any atom is -0.344 e. The first-order valence-corrected chi connectivity index (χ1v) is 6.73. The summed E-state index contributed by atoms with van der Waals surface area (Å²) in [4.78, 5) is 0. The van der Waals surface area contributed by atoms with E-state index in [0.29, 0.717) is 0 Å². The molecule has 96 valence electrons. The summed E-state index contributed by atoms with van der Waals surface area (Å²) in [5.41, 5.74) is 4.59. The van der Waals surface area contributed by atoms with Crippen molar-refractivity contribution in [2.24, 2.45) is 5.92 Å². The second-order valence-corrected chi connectivity index (χ2v) is 5.42. The number of benzene rings is 1. The zero-order valence-corrected chi connectivity index (χ0v) is 11.3. The van der Waals surface area contributed by atoms with Crippen LogP contribution in [0.3, 0.4) is 0 Å². The van der Waals surface area contributed by atoms with E-state index in [9.17, 15) is 0 Å². The molecule has 0 spiro atoms. The van der Waals surface area contributed by atoms with Crippen LogP contribution in [0.15, 0.2) is 24.3 Å². The molecule has 0 saturated heterocycles. The predicted molar refractivity (Wildman–Crippen MR) is 77.3 cm³/mol. The Bertz CT molecular complexity index is 569. The van der Waals surface area contributed by atoms with Crippen molar-refractivity contribution in [3.8, 4) is 0 Å². The van der Waals surface area contributed by atoms with E-state index in [2.05, 4.69) is 34.1 Å². The Morgan fingerprint density at radius 2 is 2.06 bits per heavy atom. The molecular weight excluding hydrogens is 244 g/mol. The van der Waals surface area contributed by atoms with E-state index in [-0.39, 0.29) is 12.4 Å². The number of nitrogens with zero attached hydrogens (tertiary/aromatic N) is 1. The molecule has 1 fully saturated rings. The third kappa shape index (κ3) is 1.84. The van der Waals surface area contributed by atoms with Gasteiger partial charge >= 0.3 is 0 Å². The molecule has 2 heterocycles. The van der Waals surface area contributed by atoms with Crippen LogP contribution in [0.2, 0.25) is 0 Å². The van der Waals surface area contributed by atoms with Crippen LogP contribution in [0, 0.1) is 5.92 Å². The van der Waals surface area contributed by atoms with Crippen molar-refractivity contribution in [3.63, 3.8) is 0 Å². The second kappa shape index (κ2) is 4.60. The summed E-state index contributed by atoms with van der Waals surface area (Å²) in [6, 6.07) is 8.91. The molecule has 1 aromatic carbocycles. The van der Waals surface area contributed by atoms with Crippen LogP contribution < -0.4 is 5.32 Å². The highest BCUT2D eigenvalue weighted by molar-refractivity contribution is 5.86. The van der Waals surface area contributed by atoms with Gasteiger partial charge in [-0.25, -0.2) is 0 Å². The van der Waals surface area contributed by atoms with E-state index >= 15 is 0 Å². The van der Waals surface area contributed by atoms with Crippen LogP contribution in [0.4, 0.5) is 0 Å². The quantitative estimate of drug-likeness (QED) is 0.880. The maximum Gasteiger partial charge on any atom is 0.0485 e. The van der Waals surface area contributed by atoms with Gasteiger partial charge in [-0.1, -0.05) is 18.2 Å². The topological polar surface area (TPSA) is 17.0 Å². The van der Waals surface area contributed by atoms with Crippen molar-refractivity contribution in [1.29, 1.82) is 0 Å². The molecular formula is C15H19ClN2. The minimum absolute atomic E-state index is 0. The minimum atomic E-state index is 0. The molecule has 18 heavy (non-hydrogen) atoms. The molecule has 0 amide bonds. The first-order chi connectivity index (χ1) is 8.43. The van der Waals surface area contributed by atoms with Gasteiger partial charge in [-0.15, -0.1) is 12.4 Å². The third-order valence-electron chi connectivity index (χ3n) is 4.17. The Balaban J connectivity index is 0.000001000. The lowest BCUT2D eigenvalue weighted by Gasteiger charge is -2.17. The van der Waals surface area contributed by atoms with Gasteiger partial charge in [0.15, 0.2) is 0 Å². The summed E-state index contributed by atoms with van der Waals surface area (Å²) in [6.07, 6.45) is 4.05. The number of rotatable bonds is 2. The number of nitrogens with one attached hydrogen (secondary N) is 1. The van der Waals surface area contributed by atoms with E-state index in [1.807, 2.05) is 0 Å². The van der Waals surface area contributed by atoms with Gasteiger partial charge in [0.25, 0.3) is 0 Å².